The topological polar surface area (TPSA) is 38.0 Å². The number of nitrogens with two attached hydrogens (primary N) is 1. The van der Waals surface area contributed by atoms with Crippen LogP contribution in [0.2, 0.25) is 0 Å². The normalized spacial score (nSPS) is 16.4. The van der Waals surface area contributed by atoms with Gasteiger partial charge in [-0.25, -0.2) is 0 Å². The third kappa shape index (κ3) is 3.66. The van der Waals surface area contributed by atoms with Crippen molar-refractivity contribution in [3.63, 3.8) is 0 Å². The zero-order valence-corrected chi connectivity index (χ0v) is 8.95. The SMILES string of the molecule is N/C(=C\NCc1ccccc1)CC1CC1. The van der Waals surface area contributed by atoms with Crippen LogP contribution in [0, 0.1) is 5.92 Å². The molecule has 2 heteroatoms. The Balaban J connectivity index is 1.73. The van der Waals surface area contributed by atoms with E-state index in [0.29, 0.717) is 0 Å². The molecule has 1 aliphatic rings. The first kappa shape index (κ1) is 10.1. The molecule has 0 aromatic heterocycles. The molecule has 15 heavy (non-hydrogen) atoms. The highest BCUT2D eigenvalue weighted by Crippen LogP contribution is 2.33. The van der Waals surface area contributed by atoms with Gasteiger partial charge in [-0.3, -0.25) is 0 Å². The Morgan fingerprint density at radius 1 is 1.33 bits per heavy atom. The molecule has 0 heterocycles. The predicted molar refractivity (Wildman–Crippen MR) is 62.9 cm³/mol. The molecule has 0 radical (unpaired) electrons. The van der Waals surface area contributed by atoms with E-state index in [2.05, 4.69) is 17.4 Å². The summed E-state index contributed by atoms with van der Waals surface area (Å²) in [6, 6.07) is 10.3. The van der Waals surface area contributed by atoms with Crippen molar-refractivity contribution >= 4 is 0 Å². The second-order valence-electron chi connectivity index (χ2n) is 4.23. The Labute approximate surface area is 91.2 Å². The van der Waals surface area contributed by atoms with E-state index >= 15 is 0 Å². The zero-order valence-electron chi connectivity index (χ0n) is 8.95. The zero-order chi connectivity index (χ0) is 10.5. The maximum Gasteiger partial charge on any atom is 0.0395 e. The first-order valence-corrected chi connectivity index (χ1v) is 5.56. The number of rotatable bonds is 5. The number of allylic oxidation sites excluding steroid dienone is 1. The second kappa shape index (κ2) is 4.87. The highest BCUT2D eigenvalue weighted by atomic mass is 14.8. The van der Waals surface area contributed by atoms with Crippen LogP contribution in [0.4, 0.5) is 0 Å². The summed E-state index contributed by atoms with van der Waals surface area (Å²) in [4.78, 5) is 0. The van der Waals surface area contributed by atoms with E-state index in [1.807, 2.05) is 24.4 Å². The molecule has 0 unspecified atom stereocenters. The summed E-state index contributed by atoms with van der Waals surface area (Å²) in [6.07, 6.45) is 5.72. The summed E-state index contributed by atoms with van der Waals surface area (Å²) >= 11 is 0. The molecule has 1 aliphatic carbocycles. The fourth-order valence-corrected chi connectivity index (χ4v) is 1.61. The first-order valence-electron chi connectivity index (χ1n) is 5.56. The second-order valence-corrected chi connectivity index (χ2v) is 4.23. The third-order valence-corrected chi connectivity index (χ3v) is 2.66. The molecule has 2 nitrogen and oxygen atoms in total. The van der Waals surface area contributed by atoms with E-state index in [9.17, 15) is 0 Å². The van der Waals surface area contributed by atoms with Gasteiger partial charge in [-0.1, -0.05) is 30.3 Å². The van der Waals surface area contributed by atoms with Crippen molar-refractivity contribution in [2.75, 3.05) is 0 Å². The Morgan fingerprint density at radius 2 is 2.07 bits per heavy atom. The van der Waals surface area contributed by atoms with Crippen LogP contribution in [-0.4, -0.2) is 0 Å². The van der Waals surface area contributed by atoms with Crippen LogP contribution in [-0.2, 0) is 6.54 Å². The number of hydrogen-bond donors (Lipinski definition) is 2. The van der Waals surface area contributed by atoms with E-state index in [0.717, 1.165) is 24.6 Å². The fourth-order valence-electron chi connectivity index (χ4n) is 1.61. The standard InChI is InChI=1S/C13H18N2/c14-13(8-11-6-7-11)10-15-9-12-4-2-1-3-5-12/h1-5,10-11,15H,6-9,14H2/b13-10-. The highest BCUT2D eigenvalue weighted by Gasteiger charge is 2.21. The summed E-state index contributed by atoms with van der Waals surface area (Å²) in [5.41, 5.74) is 8.14. The van der Waals surface area contributed by atoms with Gasteiger partial charge < -0.3 is 11.1 Å². The smallest absolute Gasteiger partial charge is 0.0395 e. The van der Waals surface area contributed by atoms with Crippen LogP contribution < -0.4 is 11.1 Å². The minimum atomic E-state index is 0.853. The van der Waals surface area contributed by atoms with E-state index in [-0.39, 0.29) is 0 Å². The molecule has 0 saturated heterocycles. The van der Waals surface area contributed by atoms with Gasteiger partial charge >= 0.3 is 0 Å². The van der Waals surface area contributed by atoms with Gasteiger partial charge in [-0.05, 0) is 30.7 Å². The minimum absolute atomic E-state index is 0.853. The summed E-state index contributed by atoms with van der Waals surface area (Å²) in [5.74, 6) is 0.861. The van der Waals surface area contributed by atoms with Gasteiger partial charge in [-0.2, -0.15) is 0 Å². The minimum Gasteiger partial charge on any atom is -0.401 e. The first-order chi connectivity index (χ1) is 7.34. The van der Waals surface area contributed by atoms with Crippen molar-refractivity contribution < 1.29 is 0 Å². The van der Waals surface area contributed by atoms with E-state index in [1.54, 1.807) is 0 Å². The average molecular weight is 202 g/mol. The van der Waals surface area contributed by atoms with Crippen molar-refractivity contribution in [1.82, 2.24) is 5.32 Å². The molecule has 1 saturated carbocycles. The maximum atomic E-state index is 5.88. The van der Waals surface area contributed by atoms with Gasteiger partial charge in [0.25, 0.3) is 0 Å². The lowest BCUT2D eigenvalue weighted by molar-refractivity contribution is 0.780. The Bertz CT molecular complexity index is 326. The summed E-state index contributed by atoms with van der Waals surface area (Å²) in [7, 11) is 0. The summed E-state index contributed by atoms with van der Waals surface area (Å²) < 4.78 is 0. The third-order valence-electron chi connectivity index (χ3n) is 2.66. The van der Waals surface area contributed by atoms with Crippen molar-refractivity contribution in [1.29, 1.82) is 0 Å². The van der Waals surface area contributed by atoms with Crippen molar-refractivity contribution in [2.24, 2.45) is 11.7 Å². The molecule has 0 aliphatic heterocycles. The van der Waals surface area contributed by atoms with E-state index in [1.165, 1.54) is 18.4 Å². The Morgan fingerprint density at radius 3 is 2.73 bits per heavy atom. The molecule has 3 N–H and O–H groups in total. The largest absolute Gasteiger partial charge is 0.401 e. The monoisotopic (exact) mass is 202 g/mol. The van der Waals surface area contributed by atoms with Gasteiger partial charge in [0, 0.05) is 18.4 Å². The molecular weight excluding hydrogens is 184 g/mol. The quantitative estimate of drug-likeness (QED) is 0.769. The Hall–Kier alpha value is -1.44. The van der Waals surface area contributed by atoms with Gasteiger partial charge in [0.05, 0.1) is 0 Å². The molecule has 0 amide bonds. The van der Waals surface area contributed by atoms with Crippen LogP contribution in [0.3, 0.4) is 0 Å². The van der Waals surface area contributed by atoms with Crippen LogP contribution in [0.5, 0.6) is 0 Å². The average Bonchev–Trinajstić information content (AvgIpc) is 3.03. The maximum absolute atomic E-state index is 5.88. The summed E-state index contributed by atoms with van der Waals surface area (Å²) in [5, 5.41) is 3.25. The molecule has 1 aromatic rings. The van der Waals surface area contributed by atoms with Gasteiger partial charge in [0.15, 0.2) is 0 Å². The lowest BCUT2D eigenvalue weighted by atomic mass is 10.2. The molecule has 80 valence electrons. The molecule has 0 atom stereocenters. The van der Waals surface area contributed by atoms with E-state index < -0.39 is 0 Å². The molecule has 0 bridgehead atoms. The van der Waals surface area contributed by atoms with Crippen LogP contribution in [0.25, 0.3) is 0 Å². The van der Waals surface area contributed by atoms with Crippen LogP contribution in [0.15, 0.2) is 42.2 Å². The van der Waals surface area contributed by atoms with Gasteiger partial charge in [0.1, 0.15) is 0 Å². The number of hydrogen-bond acceptors (Lipinski definition) is 2. The van der Waals surface area contributed by atoms with Crippen LogP contribution >= 0.6 is 0 Å². The van der Waals surface area contributed by atoms with Gasteiger partial charge in [0.2, 0.25) is 0 Å². The molecule has 1 aromatic carbocycles. The molecule has 2 rings (SSSR count). The number of benzene rings is 1. The highest BCUT2D eigenvalue weighted by molar-refractivity contribution is 5.14. The van der Waals surface area contributed by atoms with E-state index in [4.69, 9.17) is 5.73 Å². The van der Waals surface area contributed by atoms with Crippen molar-refractivity contribution in [3.8, 4) is 0 Å². The number of nitrogens with one attached hydrogen (secondary N) is 1. The predicted octanol–water partition coefficient (Wildman–Crippen LogP) is 2.38. The van der Waals surface area contributed by atoms with Crippen molar-refractivity contribution in [2.45, 2.75) is 25.8 Å². The van der Waals surface area contributed by atoms with Gasteiger partial charge in [-0.15, -0.1) is 0 Å². The lowest BCUT2D eigenvalue weighted by Gasteiger charge is -2.03. The van der Waals surface area contributed by atoms with Crippen LogP contribution in [0.1, 0.15) is 24.8 Å². The summed E-state index contributed by atoms with van der Waals surface area (Å²) in [6.45, 7) is 0.853. The fraction of sp³-hybridized carbons (Fsp3) is 0.385. The molecule has 0 spiro atoms. The molecule has 1 fully saturated rings. The molecular formula is C13H18N2. The van der Waals surface area contributed by atoms with Crippen molar-refractivity contribution in [3.05, 3.63) is 47.8 Å². The lowest BCUT2D eigenvalue weighted by Crippen LogP contribution is -2.09. The Kier molecular flexibility index (Phi) is 3.28.